The van der Waals surface area contributed by atoms with Gasteiger partial charge in [0.1, 0.15) is 0 Å². The fraction of sp³-hybridized carbons (Fsp3) is 0.500. The molecule has 0 radical (unpaired) electrons. The molecule has 6 nitrogen and oxygen atoms in total. The number of para-hydroxylation sites is 1. The second kappa shape index (κ2) is 7.52. The fourth-order valence-electron chi connectivity index (χ4n) is 5.17. The summed E-state index contributed by atoms with van der Waals surface area (Å²) in [6, 6.07) is 8.22. The lowest BCUT2D eigenvalue weighted by atomic mass is 9.84. The molecule has 2 N–H and O–H groups in total. The maximum absolute atomic E-state index is 12.7. The summed E-state index contributed by atoms with van der Waals surface area (Å²) < 4.78 is 5.84. The van der Waals surface area contributed by atoms with Crippen molar-refractivity contribution in [3.63, 3.8) is 0 Å². The monoisotopic (exact) mass is 410 g/mol. The molecule has 2 aliphatic rings. The number of carbonyl (C=O) groups is 1. The molecule has 1 amide bonds. The van der Waals surface area contributed by atoms with Crippen LogP contribution in [-0.2, 0) is 4.79 Å². The van der Waals surface area contributed by atoms with E-state index in [4.69, 9.17) is 4.42 Å². The van der Waals surface area contributed by atoms with Gasteiger partial charge >= 0.3 is 0 Å². The number of aromatic nitrogens is 3. The number of carbonyl (C=O) groups excluding carboxylic acids is 1. The molecule has 0 spiro atoms. The van der Waals surface area contributed by atoms with Crippen LogP contribution in [0, 0.1) is 17.8 Å². The zero-order chi connectivity index (χ0) is 20.0. The highest BCUT2D eigenvalue weighted by Gasteiger charge is 2.42. The molecule has 2 aromatic heterocycles. The lowest BCUT2D eigenvalue weighted by Crippen LogP contribution is -2.43. The lowest BCUT2D eigenvalue weighted by Gasteiger charge is -2.29. The molecular formula is C22H26N4O2S. The number of benzene rings is 1. The number of nitrogens with one attached hydrogen (secondary N) is 2. The summed E-state index contributed by atoms with van der Waals surface area (Å²) in [6.07, 6.45) is 7.21. The van der Waals surface area contributed by atoms with Crippen LogP contribution < -0.4 is 5.32 Å². The van der Waals surface area contributed by atoms with Gasteiger partial charge in [-0.1, -0.05) is 36.4 Å². The number of aromatic amines is 1. The summed E-state index contributed by atoms with van der Waals surface area (Å²) in [6.45, 7) is 4.05. The van der Waals surface area contributed by atoms with Crippen LogP contribution in [0.2, 0.25) is 0 Å². The van der Waals surface area contributed by atoms with Gasteiger partial charge in [0.2, 0.25) is 5.91 Å². The van der Waals surface area contributed by atoms with E-state index < -0.39 is 0 Å². The van der Waals surface area contributed by atoms with Gasteiger partial charge in [0.25, 0.3) is 11.1 Å². The third kappa shape index (κ3) is 3.56. The van der Waals surface area contributed by atoms with Crippen molar-refractivity contribution >= 4 is 28.6 Å². The molecule has 5 rings (SSSR count). The van der Waals surface area contributed by atoms with E-state index in [1.807, 2.05) is 37.4 Å². The van der Waals surface area contributed by atoms with Gasteiger partial charge in [-0.2, -0.15) is 0 Å². The molecule has 2 bridgehead atoms. The van der Waals surface area contributed by atoms with Crippen molar-refractivity contribution < 1.29 is 9.21 Å². The number of hydrogen-bond donors (Lipinski definition) is 2. The second-order valence-corrected chi connectivity index (χ2v) is 9.81. The summed E-state index contributed by atoms with van der Waals surface area (Å²) in [5.41, 5.74) is 1.90. The Bertz CT molecular complexity index is 1030. The third-order valence-corrected chi connectivity index (χ3v) is 7.61. The van der Waals surface area contributed by atoms with E-state index in [2.05, 4.69) is 27.4 Å². The Balaban J connectivity index is 1.22. The molecule has 0 unspecified atom stereocenters. The van der Waals surface area contributed by atoms with Crippen LogP contribution in [-0.4, -0.2) is 32.4 Å². The predicted octanol–water partition coefficient (Wildman–Crippen LogP) is 4.64. The van der Waals surface area contributed by atoms with Crippen LogP contribution in [0.5, 0.6) is 0 Å². The van der Waals surface area contributed by atoms with Crippen molar-refractivity contribution in [3.8, 4) is 11.5 Å². The molecule has 7 heteroatoms. The summed E-state index contributed by atoms with van der Waals surface area (Å²) in [5.74, 6) is 2.82. The molecule has 3 aromatic rings. The molecule has 2 heterocycles. The average molecular weight is 411 g/mol. The van der Waals surface area contributed by atoms with Crippen LogP contribution in [0.15, 0.2) is 40.1 Å². The highest BCUT2D eigenvalue weighted by Crippen LogP contribution is 2.49. The van der Waals surface area contributed by atoms with Gasteiger partial charge in [0.15, 0.2) is 0 Å². The average Bonchev–Trinajstić information content (AvgIpc) is 3.50. The van der Waals surface area contributed by atoms with E-state index in [9.17, 15) is 4.79 Å². The molecule has 2 aliphatic carbocycles. The number of thioether (sulfide) groups is 1. The Morgan fingerprint density at radius 2 is 2.10 bits per heavy atom. The summed E-state index contributed by atoms with van der Waals surface area (Å²) >= 11 is 1.31. The van der Waals surface area contributed by atoms with Gasteiger partial charge < -0.3 is 14.7 Å². The third-order valence-electron chi connectivity index (χ3n) is 6.68. The normalized spacial score (nSPS) is 25.4. The maximum Gasteiger partial charge on any atom is 0.277 e. The lowest BCUT2D eigenvalue weighted by molar-refractivity contribution is -0.121. The van der Waals surface area contributed by atoms with E-state index in [1.54, 1.807) is 0 Å². The fourth-order valence-corrected chi connectivity index (χ4v) is 5.87. The SMILES string of the molecule is C[C@@H](Sc1nnc(-c2c[nH]c3ccccc23)o1)C(=O)N[C@H](C)[C@H]1C[C@@H]2CC[C@@H]1C2. The predicted molar refractivity (Wildman–Crippen MR) is 113 cm³/mol. The maximum atomic E-state index is 12.7. The molecule has 152 valence electrons. The van der Waals surface area contributed by atoms with Crippen LogP contribution in [0.1, 0.15) is 39.5 Å². The van der Waals surface area contributed by atoms with Gasteiger partial charge in [-0.05, 0) is 56.9 Å². The summed E-state index contributed by atoms with van der Waals surface area (Å²) in [7, 11) is 0. The Morgan fingerprint density at radius 1 is 1.24 bits per heavy atom. The molecule has 5 atom stereocenters. The van der Waals surface area contributed by atoms with Crippen LogP contribution in [0.25, 0.3) is 22.4 Å². The zero-order valence-electron chi connectivity index (χ0n) is 16.7. The number of hydrogen-bond acceptors (Lipinski definition) is 5. The number of nitrogens with zero attached hydrogens (tertiary/aromatic N) is 2. The van der Waals surface area contributed by atoms with Crippen LogP contribution >= 0.6 is 11.8 Å². The minimum Gasteiger partial charge on any atom is -0.411 e. The minimum atomic E-state index is -0.285. The summed E-state index contributed by atoms with van der Waals surface area (Å²) in [4.78, 5) is 15.9. The first-order valence-electron chi connectivity index (χ1n) is 10.5. The largest absolute Gasteiger partial charge is 0.411 e. The van der Waals surface area contributed by atoms with E-state index in [0.29, 0.717) is 17.0 Å². The topological polar surface area (TPSA) is 83.8 Å². The van der Waals surface area contributed by atoms with Gasteiger partial charge in [-0.15, -0.1) is 10.2 Å². The Hall–Kier alpha value is -2.28. The number of H-pyrrole nitrogens is 1. The van der Waals surface area contributed by atoms with E-state index in [-0.39, 0.29) is 17.2 Å². The van der Waals surface area contributed by atoms with Crippen molar-refractivity contribution in [3.05, 3.63) is 30.5 Å². The summed E-state index contributed by atoms with van der Waals surface area (Å²) in [5, 5.41) is 12.7. The molecule has 2 fully saturated rings. The highest BCUT2D eigenvalue weighted by molar-refractivity contribution is 8.00. The molecule has 0 saturated heterocycles. The van der Waals surface area contributed by atoms with Gasteiger partial charge in [-0.25, -0.2) is 0 Å². The standard InChI is InChI=1S/C22H26N4O2S/c1-12(17-10-14-7-8-15(17)9-14)24-20(27)13(2)29-22-26-25-21(28-22)18-11-23-19-6-4-3-5-16(18)19/h3-6,11-15,17,23H,7-10H2,1-2H3,(H,24,27)/t12-,13-,14-,15-,17-/m1/s1. The Kier molecular flexibility index (Phi) is 4.86. The van der Waals surface area contributed by atoms with Gasteiger partial charge in [0, 0.05) is 23.1 Å². The number of rotatable bonds is 6. The van der Waals surface area contributed by atoms with Crippen LogP contribution in [0.3, 0.4) is 0 Å². The first-order valence-corrected chi connectivity index (χ1v) is 11.3. The first kappa shape index (κ1) is 18.7. The first-order chi connectivity index (χ1) is 14.1. The quantitative estimate of drug-likeness (QED) is 0.579. The molecule has 29 heavy (non-hydrogen) atoms. The van der Waals surface area contributed by atoms with Crippen molar-refractivity contribution in [1.29, 1.82) is 0 Å². The van der Waals surface area contributed by atoms with Crippen molar-refractivity contribution in [2.24, 2.45) is 17.8 Å². The van der Waals surface area contributed by atoms with E-state index in [1.165, 1.54) is 37.4 Å². The van der Waals surface area contributed by atoms with Gasteiger partial charge in [0.05, 0.1) is 10.8 Å². The number of fused-ring (bicyclic) bond motifs is 3. The minimum absolute atomic E-state index is 0.0390. The van der Waals surface area contributed by atoms with Crippen LogP contribution in [0.4, 0.5) is 0 Å². The zero-order valence-corrected chi connectivity index (χ0v) is 17.5. The van der Waals surface area contributed by atoms with Crippen molar-refractivity contribution in [2.45, 2.75) is 56.0 Å². The second-order valence-electron chi connectivity index (χ2n) is 8.52. The molecule has 2 saturated carbocycles. The Labute approximate surface area is 174 Å². The van der Waals surface area contributed by atoms with E-state index in [0.717, 1.165) is 28.3 Å². The van der Waals surface area contributed by atoms with Crippen molar-refractivity contribution in [1.82, 2.24) is 20.5 Å². The molecular weight excluding hydrogens is 384 g/mol. The Morgan fingerprint density at radius 3 is 2.90 bits per heavy atom. The molecule has 1 aromatic carbocycles. The molecule has 0 aliphatic heterocycles. The van der Waals surface area contributed by atoms with Crippen molar-refractivity contribution in [2.75, 3.05) is 0 Å². The highest BCUT2D eigenvalue weighted by atomic mass is 32.2. The smallest absolute Gasteiger partial charge is 0.277 e. The number of amides is 1. The van der Waals surface area contributed by atoms with E-state index >= 15 is 0 Å². The van der Waals surface area contributed by atoms with Gasteiger partial charge in [-0.3, -0.25) is 4.79 Å².